The number of amides is 1. The van der Waals surface area contributed by atoms with E-state index in [9.17, 15) is 14.7 Å². The summed E-state index contributed by atoms with van der Waals surface area (Å²) in [7, 11) is 0. The van der Waals surface area contributed by atoms with Gasteiger partial charge in [0.1, 0.15) is 18.5 Å². The number of rotatable bonds is 13. The first-order chi connectivity index (χ1) is 12.0. The Kier molecular flexibility index (Phi) is 10.3. The summed E-state index contributed by atoms with van der Waals surface area (Å²) in [4.78, 5) is 20.5. The fourth-order valence-corrected chi connectivity index (χ4v) is 2.22. The lowest BCUT2D eigenvalue weighted by Gasteiger charge is -2.17. The highest BCUT2D eigenvalue weighted by Gasteiger charge is 2.08. The quantitative estimate of drug-likeness (QED) is 0.404. The van der Waals surface area contributed by atoms with Crippen molar-refractivity contribution >= 4 is 12.4 Å². The van der Waals surface area contributed by atoms with Crippen molar-refractivity contribution in [3.05, 3.63) is 29.8 Å². The first kappa shape index (κ1) is 20.9. The molecule has 0 spiro atoms. The third-order valence-corrected chi connectivity index (χ3v) is 3.68. The van der Waals surface area contributed by atoms with Crippen molar-refractivity contribution in [1.82, 2.24) is 10.6 Å². The summed E-state index contributed by atoms with van der Waals surface area (Å²) in [6, 6.07) is 7.29. The molecular weight excluding hydrogens is 324 g/mol. The molecule has 0 fully saturated rings. The lowest BCUT2D eigenvalue weighted by atomic mass is 10.1. The summed E-state index contributed by atoms with van der Waals surface area (Å²) in [5.74, 6) is 0.622. The van der Waals surface area contributed by atoms with Crippen LogP contribution in [-0.4, -0.2) is 47.9 Å². The molecule has 1 aromatic carbocycles. The normalized spacial score (nSPS) is 13.0. The van der Waals surface area contributed by atoms with E-state index in [1.165, 1.54) is 0 Å². The van der Waals surface area contributed by atoms with Crippen molar-refractivity contribution in [2.24, 2.45) is 0 Å². The van der Waals surface area contributed by atoms with Crippen LogP contribution in [-0.2, 0) is 11.3 Å². The predicted molar refractivity (Wildman–Crippen MR) is 94.4 cm³/mol. The summed E-state index contributed by atoms with van der Waals surface area (Å²) < 4.78 is 5.52. The summed E-state index contributed by atoms with van der Waals surface area (Å²) in [6.07, 6.45) is 3.42. The van der Waals surface area contributed by atoms with Crippen molar-refractivity contribution in [3.8, 4) is 5.75 Å². The van der Waals surface area contributed by atoms with E-state index in [2.05, 4.69) is 10.6 Å². The SMILES string of the molecule is CC(CCCC[C]=O)NCC(O)COc1ccc(CNC(=O)O)cc1. The summed E-state index contributed by atoms with van der Waals surface area (Å²) in [6.45, 7) is 2.89. The number of ether oxygens (including phenoxy) is 1. The Labute approximate surface area is 148 Å². The Morgan fingerprint density at radius 1 is 1.28 bits per heavy atom. The summed E-state index contributed by atoms with van der Waals surface area (Å²) in [5, 5.41) is 24.0. The molecule has 0 saturated heterocycles. The maximum atomic E-state index is 10.4. The van der Waals surface area contributed by atoms with Gasteiger partial charge < -0.3 is 25.6 Å². The molecule has 0 aliphatic rings. The number of carboxylic acid groups (broad SMARTS) is 1. The molecule has 0 aliphatic carbocycles. The van der Waals surface area contributed by atoms with Crippen LogP contribution in [0.1, 0.15) is 38.2 Å². The highest BCUT2D eigenvalue weighted by molar-refractivity contribution is 5.64. The molecule has 1 amide bonds. The van der Waals surface area contributed by atoms with Gasteiger partial charge in [0.15, 0.2) is 6.29 Å². The zero-order valence-corrected chi connectivity index (χ0v) is 14.5. The topological polar surface area (TPSA) is 108 Å². The average molecular weight is 351 g/mol. The van der Waals surface area contributed by atoms with Gasteiger partial charge in [-0.3, -0.25) is 4.79 Å². The number of hydrogen-bond acceptors (Lipinski definition) is 5. The number of carbonyl (C=O) groups excluding carboxylic acids is 1. The van der Waals surface area contributed by atoms with Crippen molar-refractivity contribution < 1.29 is 24.5 Å². The lowest BCUT2D eigenvalue weighted by Crippen LogP contribution is -2.36. The number of nitrogens with one attached hydrogen (secondary N) is 2. The molecule has 1 radical (unpaired) electrons. The predicted octanol–water partition coefficient (Wildman–Crippen LogP) is 1.84. The number of unbranched alkanes of at least 4 members (excludes halogenated alkanes) is 2. The van der Waals surface area contributed by atoms with E-state index in [0.717, 1.165) is 24.8 Å². The Hall–Kier alpha value is -2.12. The molecule has 1 aromatic rings. The minimum atomic E-state index is -1.06. The third kappa shape index (κ3) is 10.4. The molecule has 0 heterocycles. The fourth-order valence-electron chi connectivity index (χ4n) is 2.22. The second-order valence-corrected chi connectivity index (χ2v) is 5.97. The van der Waals surface area contributed by atoms with Gasteiger partial charge in [-0.25, -0.2) is 4.79 Å². The standard InChI is InChI=1S/C18H27N2O5/c1-14(5-3-2-4-10-21)19-12-16(22)13-25-17-8-6-15(7-9-17)11-20-18(23)24/h6-9,14,16,19-20,22H,2-5,11-13H2,1H3,(H,23,24). The van der Waals surface area contributed by atoms with Crippen LogP contribution in [0.3, 0.4) is 0 Å². The Morgan fingerprint density at radius 2 is 2.00 bits per heavy atom. The molecule has 7 heteroatoms. The van der Waals surface area contributed by atoms with Gasteiger partial charge in [-0.1, -0.05) is 18.6 Å². The zero-order chi connectivity index (χ0) is 18.5. The van der Waals surface area contributed by atoms with Crippen LogP contribution < -0.4 is 15.4 Å². The molecule has 25 heavy (non-hydrogen) atoms. The molecule has 0 saturated carbocycles. The number of aliphatic hydroxyl groups excluding tert-OH is 1. The van der Waals surface area contributed by atoms with Gasteiger partial charge in [0.2, 0.25) is 0 Å². The summed E-state index contributed by atoms with van der Waals surface area (Å²) >= 11 is 0. The number of carbonyl (C=O) groups is 1. The third-order valence-electron chi connectivity index (χ3n) is 3.68. The van der Waals surface area contributed by atoms with E-state index in [1.807, 2.05) is 13.2 Å². The average Bonchev–Trinajstić information content (AvgIpc) is 2.61. The Bertz CT molecular complexity index is 507. The van der Waals surface area contributed by atoms with Crippen LogP contribution in [0.2, 0.25) is 0 Å². The molecule has 4 N–H and O–H groups in total. The number of hydrogen-bond donors (Lipinski definition) is 4. The maximum Gasteiger partial charge on any atom is 0.404 e. The largest absolute Gasteiger partial charge is 0.491 e. The van der Waals surface area contributed by atoms with Crippen molar-refractivity contribution in [2.45, 2.75) is 51.3 Å². The molecular formula is C18H27N2O5. The molecule has 0 bridgehead atoms. The van der Waals surface area contributed by atoms with E-state index in [-0.39, 0.29) is 19.2 Å². The van der Waals surface area contributed by atoms with Gasteiger partial charge in [0.05, 0.1) is 0 Å². The van der Waals surface area contributed by atoms with Crippen LogP contribution in [0.15, 0.2) is 24.3 Å². The molecule has 1 rings (SSSR count). The van der Waals surface area contributed by atoms with Crippen LogP contribution in [0.5, 0.6) is 5.75 Å². The van der Waals surface area contributed by atoms with Gasteiger partial charge in [-0.15, -0.1) is 0 Å². The first-order valence-electron chi connectivity index (χ1n) is 8.46. The fraction of sp³-hybridized carbons (Fsp3) is 0.556. The van der Waals surface area contributed by atoms with Crippen LogP contribution in [0, 0.1) is 0 Å². The molecule has 2 atom stereocenters. The minimum absolute atomic E-state index is 0.173. The van der Waals surface area contributed by atoms with E-state index in [1.54, 1.807) is 24.3 Å². The number of aliphatic hydroxyl groups is 1. The maximum absolute atomic E-state index is 10.4. The van der Waals surface area contributed by atoms with Crippen molar-refractivity contribution in [1.29, 1.82) is 0 Å². The molecule has 139 valence electrons. The van der Waals surface area contributed by atoms with Crippen LogP contribution in [0.25, 0.3) is 0 Å². The molecule has 0 aliphatic heterocycles. The lowest BCUT2D eigenvalue weighted by molar-refractivity contribution is 0.104. The van der Waals surface area contributed by atoms with E-state index < -0.39 is 12.2 Å². The van der Waals surface area contributed by atoms with Crippen LogP contribution in [0.4, 0.5) is 4.79 Å². The van der Waals surface area contributed by atoms with Gasteiger partial charge in [-0.2, -0.15) is 0 Å². The number of benzene rings is 1. The smallest absolute Gasteiger partial charge is 0.404 e. The van der Waals surface area contributed by atoms with E-state index in [4.69, 9.17) is 9.84 Å². The second-order valence-electron chi connectivity index (χ2n) is 5.97. The zero-order valence-electron chi connectivity index (χ0n) is 14.5. The van der Waals surface area contributed by atoms with Crippen molar-refractivity contribution in [3.63, 3.8) is 0 Å². The van der Waals surface area contributed by atoms with Crippen LogP contribution >= 0.6 is 0 Å². The molecule has 2 unspecified atom stereocenters. The van der Waals surface area contributed by atoms with Gasteiger partial charge in [0, 0.05) is 25.6 Å². The summed E-state index contributed by atoms with van der Waals surface area (Å²) in [5.41, 5.74) is 0.831. The Morgan fingerprint density at radius 3 is 2.64 bits per heavy atom. The van der Waals surface area contributed by atoms with E-state index in [0.29, 0.717) is 18.7 Å². The molecule has 7 nitrogen and oxygen atoms in total. The highest BCUT2D eigenvalue weighted by Crippen LogP contribution is 2.12. The second kappa shape index (κ2) is 12.3. The molecule has 0 aromatic heterocycles. The highest BCUT2D eigenvalue weighted by atomic mass is 16.5. The minimum Gasteiger partial charge on any atom is -0.491 e. The monoisotopic (exact) mass is 351 g/mol. The van der Waals surface area contributed by atoms with Gasteiger partial charge in [0.25, 0.3) is 0 Å². The van der Waals surface area contributed by atoms with Gasteiger partial charge in [-0.05, 0) is 37.5 Å². The van der Waals surface area contributed by atoms with E-state index >= 15 is 0 Å². The first-order valence-corrected chi connectivity index (χ1v) is 8.46. The van der Waals surface area contributed by atoms with Gasteiger partial charge >= 0.3 is 6.09 Å². The van der Waals surface area contributed by atoms with Crippen molar-refractivity contribution in [2.75, 3.05) is 13.2 Å². The Balaban J connectivity index is 2.19.